The molecular weight excluding hydrogens is 500 g/mol. The second-order valence-corrected chi connectivity index (χ2v) is 11.8. The summed E-state index contributed by atoms with van der Waals surface area (Å²) < 4.78 is 8.32. The molecule has 3 amide bonds. The van der Waals surface area contributed by atoms with Crippen LogP contribution in [0.2, 0.25) is 0 Å². The summed E-state index contributed by atoms with van der Waals surface area (Å²) in [6.45, 7) is 7.82. The number of thiazole rings is 1. The minimum atomic E-state index is -0.247. The molecule has 4 atom stereocenters. The fourth-order valence-corrected chi connectivity index (χ4v) is 7.14. The van der Waals surface area contributed by atoms with Gasteiger partial charge < -0.3 is 14.5 Å². The van der Waals surface area contributed by atoms with Gasteiger partial charge in [-0.15, -0.1) is 11.8 Å². The highest BCUT2D eigenvalue weighted by atomic mass is 32.2. The Labute approximate surface area is 219 Å². The zero-order valence-corrected chi connectivity index (χ0v) is 22.4. The fraction of sp³-hybridized carbons (Fsp3) is 0.542. The molecule has 1 saturated heterocycles. The molecule has 2 aliphatic rings. The number of hydrogen-bond donors (Lipinski definition) is 1. The summed E-state index contributed by atoms with van der Waals surface area (Å²) >= 11 is 3.13. The molecule has 1 aliphatic heterocycles. The number of nitrogens with zero attached hydrogens (tertiary/aromatic N) is 5. The number of carbonyl (C=O) groups excluding carboxylic acids is 3. The van der Waals surface area contributed by atoms with E-state index in [0.717, 1.165) is 10.6 Å². The Kier molecular flexibility index (Phi) is 8.47. The van der Waals surface area contributed by atoms with Crippen LogP contribution in [0.15, 0.2) is 35.5 Å². The molecule has 4 rings (SSSR count). The quantitative estimate of drug-likeness (QED) is 0.546. The molecule has 3 heterocycles. The van der Waals surface area contributed by atoms with Crippen LogP contribution in [0, 0.1) is 11.8 Å². The number of nitrogens with one attached hydrogen (secondary N) is 1. The molecule has 12 heteroatoms. The van der Waals surface area contributed by atoms with Gasteiger partial charge in [-0.05, 0) is 24.8 Å². The maximum atomic E-state index is 13.5. The molecule has 4 unspecified atom stereocenters. The first-order valence-corrected chi connectivity index (χ1v) is 13.6. The summed E-state index contributed by atoms with van der Waals surface area (Å²) in [5.74, 6) is -0.132. The molecule has 10 nitrogen and oxygen atoms in total. The van der Waals surface area contributed by atoms with E-state index < -0.39 is 0 Å². The van der Waals surface area contributed by atoms with Crippen LogP contribution in [0.25, 0.3) is 0 Å². The van der Waals surface area contributed by atoms with Gasteiger partial charge in [0.25, 0.3) is 5.91 Å². The lowest BCUT2D eigenvalue weighted by Gasteiger charge is -2.42. The first-order chi connectivity index (χ1) is 17.3. The number of aryl methyl sites for hydroxylation is 1. The van der Waals surface area contributed by atoms with Crippen molar-refractivity contribution in [2.24, 2.45) is 18.9 Å². The van der Waals surface area contributed by atoms with Crippen LogP contribution in [-0.2, 0) is 21.4 Å². The topological polar surface area (TPSA) is 110 Å². The van der Waals surface area contributed by atoms with E-state index in [-0.39, 0.29) is 35.0 Å². The summed E-state index contributed by atoms with van der Waals surface area (Å²) in [7, 11) is 3.43. The molecular formula is C24H32N6O4S2. The molecule has 2 aromatic heterocycles. The Hall–Kier alpha value is -2.70. The number of methoxy groups -OCH3 is 1. The lowest BCUT2D eigenvalue weighted by atomic mass is 9.79. The number of aromatic nitrogens is 3. The third-order valence-corrected chi connectivity index (χ3v) is 9.35. The third-order valence-electron chi connectivity index (χ3n) is 6.81. The predicted molar refractivity (Wildman–Crippen MR) is 139 cm³/mol. The summed E-state index contributed by atoms with van der Waals surface area (Å²) in [4.78, 5) is 45.7. The molecule has 2 fully saturated rings. The number of hydrogen-bond acceptors (Lipinski definition) is 8. The molecule has 1 saturated carbocycles. The first kappa shape index (κ1) is 26.4. The van der Waals surface area contributed by atoms with Crippen molar-refractivity contribution < 1.29 is 19.1 Å². The van der Waals surface area contributed by atoms with E-state index in [9.17, 15) is 14.4 Å². The molecule has 36 heavy (non-hydrogen) atoms. The Morgan fingerprint density at radius 3 is 2.56 bits per heavy atom. The summed E-state index contributed by atoms with van der Waals surface area (Å²) in [6.07, 6.45) is 7.63. The van der Waals surface area contributed by atoms with Crippen LogP contribution in [0.3, 0.4) is 0 Å². The van der Waals surface area contributed by atoms with Crippen molar-refractivity contribution in [1.29, 1.82) is 0 Å². The van der Waals surface area contributed by atoms with Gasteiger partial charge in [-0.25, -0.2) is 4.98 Å². The Bertz CT molecular complexity index is 1110. The number of anilines is 1. The van der Waals surface area contributed by atoms with E-state index in [1.54, 1.807) is 47.9 Å². The van der Waals surface area contributed by atoms with Gasteiger partial charge in [-0.3, -0.25) is 24.4 Å². The Balaban J connectivity index is 1.37. The number of amides is 3. The highest BCUT2D eigenvalue weighted by Crippen LogP contribution is 2.43. The number of carbonyl (C=O) groups is 3. The molecule has 0 spiro atoms. The van der Waals surface area contributed by atoms with Crippen LogP contribution in [0.5, 0.6) is 0 Å². The van der Waals surface area contributed by atoms with Crippen LogP contribution >= 0.6 is 23.1 Å². The molecule has 2 aromatic rings. The average molecular weight is 533 g/mol. The van der Waals surface area contributed by atoms with Crippen molar-refractivity contribution in [3.05, 3.63) is 36.8 Å². The summed E-state index contributed by atoms with van der Waals surface area (Å²) in [5, 5.41) is 7.61. The molecule has 1 aliphatic carbocycles. The summed E-state index contributed by atoms with van der Waals surface area (Å²) in [5.41, 5.74) is 0.476. The van der Waals surface area contributed by atoms with E-state index in [2.05, 4.69) is 28.9 Å². The predicted octanol–water partition coefficient (Wildman–Crippen LogP) is 2.51. The van der Waals surface area contributed by atoms with Gasteiger partial charge in [-0.2, -0.15) is 5.10 Å². The molecule has 0 aromatic carbocycles. The number of ether oxygens (including phenoxy) is 1. The highest BCUT2D eigenvalue weighted by molar-refractivity contribution is 8.01. The normalized spacial score (nSPS) is 24.4. The zero-order valence-electron chi connectivity index (χ0n) is 20.8. The van der Waals surface area contributed by atoms with Crippen molar-refractivity contribution in [1.82, 2.24) is 24.6 Å². The van der Waals surface area contributed by atoms with Gasteiger partial charge in [-0.1, -0.05) is 24.8 Å². The molecule has 0 bridgehead atoms. The maximum Gasteiger partial charge on any atom is 0.260 e. The van der Waals surface area contributed by atoms with Crippen molar-refractivity contribution in [3.8, 4) is 0 Å². The molecule has 0 radical (unpaired) electrons. The van der Waals surface area contributed by atoms with Gasteiger partial charge in [0.05, 0.1) is 34.2 Å². The smallest absolute Gasteiger partial charge is 0.260 e. The zero-order chi connectivity index (χ0) is 25.8. The molecule has 1 N–H and O–H groups in total. The van der Waals surface area contributed by atoms with E-state index in [0.29, 0.717) is 49.2 Å². The highest BCUT2D eigenvalue weighted by Gasteiger charge is 2.42. The third kappa shape index (κ3) is 5.98. The minimum Gasteiger partial charge on any atom is -0.381 e. The monoisotopic (exact) mass is 532 g/mol. The lowest BCUT2D eigenvalue weighted by molar-refractivity contribution is -0.146. The second-order valence-electron chi connectivity index (χ2n) is 9.18. The first-order valence-electron chi connectivity index (χ1n) is 11.9. The van der Waals surface area contributed by atoms with E-state index in [1.807, 2.05) is 4.90 Å². The van der Waals surface area contributed by atoms with Crippen molar-refractivity contribution in [2.75, 3.05) is 38.6 Å². The Morgan fingerprint density at radius 1 is 1.19 bits per heavy atom. The maximum absolute atomic E-state index is 13.5. The number of piperazine rings is 1. The van der Waals surface area contributed by atoms with E-state index >= 15 is 0 Å². The second kappa shape index (κ2) is 11.6. The lowest BCUT2D eigenvalue weighted by Crippen LogP contribution is -2.54. The number of thioether (sulfide) groups is 1. The van der Waals surface area contributed by atoms with Crippen molar-refractivity contribution >= 4 is 46.0 Å². The van der Waals surface area contributed by atoms with E-state index in [1.165, 1.54) is 23.6 Å². The van der Waals surface area contributed by atoms with Gasteiger partial charge in [0.2, 0.25) is 11.8 Å². The average Bonchev–Trinajstić information content (AvgIpc) is 3.52. The standard InChI is InChI=1S/C24H32N6O4S2/c1-5-20(31)29-6-8-30(9-7-29)23(33)17-11-19(15(2)10-18(17)34-4)35-21-13-25-24(36-21)27-22(32)16-12-26-28(3)14-16/h5,12-15,17-19H,1,6-11H2,2-4H3,(H,25,27,32). The SMILES string of the molecule is C=CC(=O)N1CCN(C(=O)C2CC(Sc3cnc(NC(=O)c4cnn(C)c4)s3)C(C)CC2OC)CC1. The molecule has 194 valence electrons. The van der Waals surface area contributed by atoms with Crippen LogP contribution in [0.4, 0.5) is 5.13 Å². The van der Waals surface area contributed by atoms with Gasteiger partial charge in [0.15, 0.2) is 5.13 Å². The van der Waals surface area contributed by atoms with Crippen molar-refractivity contribution in [2.45, 2.75) is 35.3 Å². The van der Waals surface area contributed by atoms with Gasteiger partial charge in [0, 0.05) is 51.8 Å². The minimum absolute atomic E-state index is 0.0961. The van der Waals surface area contributed by atoms with Gasteiger partial charge in [0.1, 0.15) is 0 Å². The van der Waals surface area contributed by atoms with Crippen LogP contribution < -0.4 is 5.32 Å². The van der Waals surface area contributed by atoms with Crippen molar-refractivity contribution in [3.63, 3.8) is 0 Å². The Morgan fingerprint density at radius 2 is 1.92 bits per heavy atom. The number of rotatable bonds is 7. The fourth-order valence-electron chi connectivity index (χ4n) is 4.74. The van der Waals surface area contributed by atoms with Crippen LogP contribution in [0.1, 0.15) is 30.1 Å². The van der Waals surface area contributed by atoms with Crippen LogP contribution in [-0.4, -0.2) is 86.9 Å². The largest absolute Gasteiger partial charge is 0.381 e. The van der Waals surface area contributed by atoms with E-state index in [4.69, 9.17) is 4.74 Å². The summed E-state index contributed by atoms with van der Waals surface area (Å²) in [6, 6.07) is 0. The van der Waals surface area contributed by atoms with Gasteiger partial charge >= 0.3 is 0 Å².